The van der Waals surface area contributed by atoms with Crippen LogP contribution in [-0.4, -0.2) is 19.2 Å². The number of rotatable bonds is 9. The highest BCUT2D eigenvalue weighted by Gasteiger charge is 2.18. The van der Waals surface area contributed by atoms with E-state index in [0.717, 1.165) is 25.3 Å². The molecule has 2 heteroatoms. The number of benzene rings is 1. The first-order valence-electron chi connectivity index (χ1n) is 8.27. The molecule has 0 aliphatic carbocycles. The third-order valence-electron chi connectivity index (χ3n) is 4.14. The monoisotopic (exact) mass is 291 g/mol. The van der Waals surface area contributed by atoms with Crippen LogP contribution in [0.15, 0.2) is 18.2 Å². The van der Waals surface area contributed by atoms with Crippen LogP contribution < -0.4 is 10.1 Å². The Balaban J connectivity index is 2.31. The predicted octanol–water partition coefficient (Wildman–Crippen LogP) is 4.88. The molecule has 0 fully saturated rings. The van der Waals surface area contributed by atoms with E-state index < -0.39 is 0 Å². The summed E-state index contributed by atoms with van der Waals surface area (Å²) in [7, 11) is 0. The maximum absolute atomic E-state index is 5.94. The smallest absolute Gasteiger partial charge is 0.122 e. The summed E-state index contributed by atoms with van der Waals surface area (Å²) < 4.78 is 5.94. The van der Waals surface area contributed by atoms with Crippen molar-refractivity contribution in [3.63, 3.8) is 0 Å². The van der Waals surface area contributed by atoms with Crippen LogP contribution in [0.4, 0.5) is 0 Å². The van der Waals surface area contributed by atoms with E-state index >= 15 is 0 Å². The predicted molar refractivity (Wildman–Crippen MR) is 92.2 cm³/mol. The second-order valence-electron chi connectivity index (χ2n) is 7.08. The summed E-state index contributed by atoms with van der Waals surface area (Å²) >= 11 is 0. The Kier molecular flexibility index (Phi) is 7.24. The number of hydrogen-bond acceptors (Lipinski definition) is 2. The Hall–Kier alpha value is -1.02. The van der Waals surface area contributed by atoms with Crippen molar-refractivity contribution in [2.75, 3.05) is 13.2 Å². The summed E-state index contributed by atoms with van der Waals surface area (Å²) in [5.41, 5.74) is 2.81. The van der Waals surface area contributed by atoms with Crippen molar-refractivity contribution in [1.29, 1.82) is 0 Å². The molecule has 0 radical (unpaired) electrons. The molecule has 0 bridgehead atoms. The Morgan fingerprint density at radius 2 is 1.95 bits per heavy atom. The SMILES string of the molecule is CCC(C)NCC(C)(C)CCCOc1cc(C)ccc1C. The molecule has 0 spiro atoms. The van der Waals surface area contributed by atoms with E-state index in [1.165, 1.54) is 24.0 Å². The Bertz CT molecular complexity index is 426. The van der Waals surface area contributed by atoms with Gasteiger partial charge in [-0.1, -0.05) is 32.9 Å². The van der Waals surface area contributed by atoms with Gasteiger partial charge in [0.1, 0.15) is 5.75 Å². The van der Waals surface area contributed by atoms with Gasteiger partial charge in [-0.3, -0.25) is 0 Å². The lowest BCUT2D eigenvalue weighted by molar-refractivity contribution is 0.244. The van der Waals surface area contributed by atoms with Gasteiger partial charge in [-0.2, -0.15) is 0 Å². The first-order valence-corrected chi connectivity index (χ1v) is 8.27. The van der Waals surface area contributed by atoms with Crippen molar-refractivity contribution in [3.05, 3.63) is 29.3 Å². The van der Waals surface area contributed by atoms with Gasteiger partial charge in [0.15, 0.2) is 0 Å². The summed E-state index contributed by atoms with van der Waals surface area (Å²) in [6.45, 7) is 15.2. The van der Waals surface area contributed by atoms with Gasteiger partial charge in [0.05, 0.1) is 6.61 Å². The molecule has 0 heterocycles. The van der Waals surface area contributed by atoms with Crippen molar-refractivity contribution in [2.45, 2.75) is 66.8 Å². The van der Waals surface area contributed by atoms with Crippen molar-refractivity contribution in [3.8, 4) is 5.75 Å². The van der Waals surface area contributed by atoms with E-state index in [1.807, 2.05) is 0 Å². The van der Waals surface area contributed by atoms with Crippen LogP contribution in [0.25, 0.3) is 0 Å². The van der Waals surface area contributed by atoms with Gasteiger partial charge in [0.25, 0.3) is 0 Å². The molecule has 2 nitrogen and oxygen atoms in total. The topological polar surface area (TPSA) is 21.3 Å². The van der Waals surface area contributed by atoms with Crippen molar-refractivity contribution in [2.24, 2.45) is 5.41 Å². The lowest BCUT2D eigenvalue weighted by atomic mass is 9.87. The highest BCUT2D eigenvalue weighted by Crippen LogP contribution is 2.23. The van der Waals surface area contributed by atoms with Crippen LogP contribution in [-0.2, 0) is 0 Å². The maximum Gasteiger partial charge on any atom is 0.122 e. The summed E-state index contributed by atoms with van der Waals surface area (Å²) in [6.07, 6.45) is 3.47. The first-order chi connectivity index (χ1) is 9.84. The molecule has 0 aromatic heterocycles. The summed E-state index contributed by atoms with van der Waals surface area (Å²) in [5, 5.41) is 3.61. The van der Waals surface area contributed by atoms with Crippen LogP contribution in [0.1, 0.15) is 58.1 Å². The van der Waals surface area contributed by atoms with E-state index in [-0.39, 0.29) is 0 Å². The molecule has 0 aliphatic rings. The quantitative estimate of drug-likeness (QED) is 0.655. The summed E-state index contributed by atoms with van der Waals surface area (Å²) in [5.74, 6) is 1.03. The summed E-state index contributed by atoms with van der Waals surface area (Å²) in [4.78, 5) is 0. The molecule has 0 amide bonds. The Labute approximate surface area is 131 Å². The van der Waals surface area contributed by atoms with Gasteiger partial charge in [0.2, 0.25) is 0 Å². The highest BCUT2D eigenvalue weighted by molar-refractivity contribution is 5.35. The Morgan fingerprint density at radius 1 is 1.24 bits per heavy atom. The third kappa shape index (κ3) is 6.99. The average molecular weight is 291 g/mol. The minimum atomic E-state index is 0.328. The number of aryl methyl sites for hydroxylation is 2. The average Bonchev–Trinajstić information content (AvgIpc) is 2.44. The fraction of sp³-hybridized carbons (Fsp3) is 0.684. The molecular weight excluding hydrogens is 258 g/mol. The lowest BCUT2D eigenvalue weighted by Crippen LogP contribution is -2.35. The van der Waals surface area contributed by atoms with Gasteiger partial charge in [-0.15, -0.1) is 0 Å². The zero-order chi connectivity index (χ0) is 15.9. The minimum absolute atomic E-state index is 0.328. The molecule has 1 atom stereocenters. The first kappa shape index (κ1) is 18.0. The normalized spacial score (nSPS) is 13.2. The molecule has 0 aliphatic heterocycles. The fourth-order valence-corrected chi connectivity index (χ4v) is 2.28. The molecule has 0 saturated carbocycles. The van der Waals surface area contributed by atoms with Crippen LogP contribution in [0.2, 0.25) is 0 Å². The van der Waals surface area contributed by atoms with Gasteiger partial charge in [0, 0.05) is 12.6 Å². The fourth-order valence-electron chi connectivity index (χ4n) is 2.28. The van der Waals surface area contributed by atoms with Crippen LogP contribution in [0.3, 0.4) is 0 Å². The van der Waals surface area contributed by atoms with E-state index in [1.54, 1.807) is 0 Å². The van der Waals surface area contributed by atoms with Crippen LogP contribution >= 0.6 is 0 Å². The second-order valence-corrected chi connectivity index (χ2v) is 7.08. The van der Waals surface area contributed by atoms with Crippen molar-refractivity contribution < 1.29 is 4.74 Å². The van der Waals surface area contributed by atoms with E-state index in [2.05, 4.69) is 65.1 Å². The van der Waals surface area contributed by atoms with Gasteiger partial charge < -0.3 is 10.1 Å². The zero-order valence-corrected chi connectivity index (χ0v) is 14.8. The Morgan fingerprint density at radius 3 is 2.62 bits per heavy atom. The second kappa shape index (κ2) is 8.43. The molecular formula is C19H33NO. The van der Waals surface area contributed by atoms with Crippen molar-refractivity contribution >= 4 is 0 Å². The minimum Gasteiger partial charge on any atom is -0.493 e. The van der Waals surface area contributed by atoms with E-state index in [9.17, 15) is 0 Å². The third-order valence-corrected chi connectivity index (χ3v) is 4.14. The molecule has 1 rings (SSSR count). The van der Waals surface area contributed by atoms with Crippen LogP contribution in [0.5, 0.6) is 5.75 Å². The molecule has 1 N–H and O–H groups in total. The van der Waals surface area contributed by atoms with Gasteiger partial charge in [-0.25, -0.2) is 0 Å². The number of hydrogen-bond donors (Lipinski definition) is 1. The van der Waals surface area contributed by atoms with E-state index in [0.29, 0.717) is 11.5 Å². The molecule has 21 heavy (non-hydrogen) atoms. The zero-order valence-electron chi connectivity index (χ0n) is 14.8. The van der Waals surface area contributed by atoms with Gasteiger partial charge in [-0.05, 0) is 62.6 Å². The largest absolute Gasteiger partial charge is 0.493 e. The van der Waals surface area contributed by atoms with Crippen LogP contribution in [0, 0.1) is 19.3 Å². The summed E-state index contributed by atoms with van der Waals surface area (Å²) in [6, 6.07) is 7.00. The lowest BCUT2D eigenvalue weighted by Gasteiger charge is -2.27. The number of nitrogens with one attached hydrogen (secondary N) is 1. The molecule has 0 saturated heterocycles. The molecule has 1 aromatic carbocycles. The standard InChI is InChI=1S/C19H33NO/c1-7-17(4)20-14-19(5,6)11-8-12-21-18-13-15(2)9-10-16(18)3/h9-10,13,17,20H,7-8,11-12,14H2,1-6H3. The van der Waals surface area contributed by atoms with Crippen molar-refractivity contribution in [1.82, 2.24) is 5.32 Å². The molecule has 1 aromatic rings. The number of ether oxygens (including phenoxy) is 1. The molecule has 1 unspecified atom stereocenters. The van der Waals surface area contributed by atoms with Gasteiger partial charge >= 0.3 is 0 Å². The maximum atomic E-state index is 5.94. The van der Waals surface area contributed by atoms with E-state index in [4.69, 9.17) is 4.74 Å². The molecule has 120 valence electrons. The highest BCUT2D eigenvalue weighted by atomic mass is 16.5.